The topological polar surface area (TPSA) is 53.9 Å². The van der Waals surface area contributed by atoms with Gasteiger partial charge in [0.25, 0.3) is 0 Å². The molecule has 5 nitrogen and oxygen atoms in total. The van der Waals surface area contributed by atoms with Crippen LogP contribution in [0, 0.1) is 14.7 Å². The largest absolute Gasteiger partial charge is 0.469 e. The summed E-state index contributed by atoms with van der Waals surface area (Å²) in [5.74, 6) is 0.954. The highest BCUT2D eigenvalue weighted by molar-refractivity contribution is 14.1. The molecule has 0 saturated carbocycles. The Hall–Kier alpha value is -0.830. The lowest BCUT2D eigenvalue weighted by atomic mass is 9.99. The smallest absolute Gasteiger partial charge is 0.310 e. The van der Waals surface area contributed by atoms with E-state index in [-0.39, 0.29) is 17.8 Å². The van der Waals surface area contributed by atoms with Crippen LogP contribution in [0.4, 0.5) is 0 Å². The summed E-state index contributed by atoms with van der Waals surface area (Å²) >= 11 is 4.16. The number of nitrogens with zero attached hydrogens (tertiary/aromatic N) is 2. The first kappa shape index (κ1) is 17.5. The van der Waals surface area contributed by atoms with Crippen molar-refractivity contribution in [2.24, 2.45) is 16.8 Å². The Bertz CT molecular complexity index is 547. The number of aliphatic imine (C=N–C) groups is 1. The Labute approximate surface area is 149 Å². The molecule has 2 rings (SSSR count). The molecular weight excluding hydrogens is 413 g/mol. The van der Waals surface area contributed by atoms with Crippen molar-refractivity contribution < 1.29 is 9.53 Å². The zero-order chi connectivity index (χ0) is 16.1. The first-order valence-electron chi connectivity index (χ1n) is 7.32. The number of hydrogen-bond acceptors (Lipinski definition) is 4. The normalized spacial score (nSPS) is 22.0. The van der Waals surface area contributed by atoms with Gasteiger partial charge >= 0.3 is 5.97 Å². The van der Waals surface area contributed by atoms with Gasteiger partial charge in [0.1, 0.15) is 0 Å². The molecule has 0 amide bonds. The van der Waals surface area contributed by atoms with Crippen LogP contribution in [0.3, 0.4) is 0 Å². The van der Waals surface area contributed by atoms with Crippen LogP contribution in [0.15, 0.2) is 17.1 Å². The number of ether oxygens (including phenoxy) is 1. The lowest BCUT2D eigenvalue weighted by molar-refractivity contribution is -0.145. The summed E-state index contributed by atoms with van der Waals surface area (Å²) < 4.78 is 6.19. The lowest BCUT2D eigenvalue weighted by Gasteiger charge is -2.21. The molecule has 1 fully saturated rings. The van der Waals surface area contributed by atoms with Crippen molar-refractivity contribution in [2.45, 2.75) is 13.3 Å². The van der Waals surface area contributed by atoms with Gasteiger partial charge in [0, 0.05) is 31.6 Å². The molecule has 1 aliphatic rings. The van der Waals surface area contributed by atoms with Crippen molar-refractivity contribution >= 4 is 45.9 Å². The molecule has 1 aromatic heterocycles. The van der Waals surface area contributed by atoms with E-state index in [2.05, 4.69) is 56.9 Å². The molecule has 1 saturated heterocycles. The molecular formula is C15H22IN3O2S. The second-order valence-corrected chi connectivity index (χ2v) is 8.50. The van der Waals surface area contributed by atoms with E-state index >= 15 is 0 Å². The first-order valence-corrected chi connectivity index (χ1v) is 9.22. The average Bonchev–Trinajstić information content (AvgIpc) is 3.09. The quantitative estimate of drug-likeness (QED) is 0.341. The molecule has 122 valence electrons. The van der Waals surface area contributed by atoms with E-state index in [1.165, 1.54) is 14.9 Å². The summed E-state index contributed by atoms with van der Waals surface area (Å²) in [5, 5.41) is 3.40. The van der Waals surface area contributed by atoms with Gasteiger partial charge in [0.2, 0.25) is 0 Å². The fraction of sp³-hybridized carbons (Fsp3) is 0.600. The number of halogens is 1. The summed E-state index contributed by atoms with van der Waals surface area (Å²) in [7, 11) is 3.24. The molecule has 0 aliphatic carbocycles. The van der Waals surface area contributed by atoms with Crippen LogP contribution in [-0.2, 0) is 16.0 Å². The lowest BCUT2D eigenvalue weighted by Crippen LogP contribution is -2.41. The van der Waals surface area contributed by atoms with Crippen LogP contribution in [0.1, 0.15) is 11.8 Å². The molecule has 1 aliphatic heterocycles. The Balaban J connectivity index is 1.86. The summed E-state index contributed by atoms with van der Waals surface area (Å²) in [5.41, 5.74) is 0. The molecule has 0 spiro atoms. The Morgan fingerprint density at radius 2 is 2.32 bits per heavy atom. The predicted molar refractivity (Wildman–Crippen MR) is 98.3 cm³/mol. The second kappa shape index (κ2) is 8.14. The number of nitrogens with one attached hydrogen (secondary N) is 1. The molecule has 2 heterocycles. The summed E-state index contributed by atoms with van der Waals surface area (Å²) in [4.78, 5) is 19.6. The van der Waals surface area contributed by atoms with Crippen molar-refractivity contribution in [1.82, 2.24) is 10.2 Å². The van der Waals surface area contributed by atoms with Gasteiger partial charge < -0.3 is 15.0 Å². The number of thiophene rings is 1. The zero-order valence-electron chi connectivity index (χ0n) is 13.1. The molecule has 2 atom stereocenters. The van der Waals surface area contributed by atoms with Crippen LogP contribution in [-0.4, -0.2) is 50.6 Å². The third-order valence-electron chi connectivity index (χ3n) is 3.91. The number of carbonyl (C=O) groups excluding carboxylic acids is 1. The van der Waals surface area contributed by atoms with E-state index in [9.17, 15) is 4.79 Å². The maximum absolute atomic E-state index is 11.8. The standard InChI is InChI=1S/C15H22IN3O2S/c1-10-8-19(9-12(10)14(20)21-3)15(17-2)18-7-6-11-4-5-13(16)22-11/h4-5,10,12H,6-9H2,1-3H3,(H,17,18). The first-order chi connectivity index (χ1) is 10.5. The maximum Gasteiger partial charge on any atom is 0.310 e. The van der Waals surface area contributed by atoms with Gasteiger partial charge in [-0.3, -0.25) is 9.79 Å². The van der Waals surface area contributed by atoms with Crippen LogP contribution >= 0.6 is 33.9 Å². The van der Waals surface area contributed by atoms with E-state index < -0.39 is 0 Å². The number of esters is 1. The van der Waals surface area contributed by atoms with Crippen LogP contribution in [0.2, 0.25) is 0 Å². The van der Waals surface area contributed by atoms with Crippen LogP contribution < -0.4 is 5.32 Å². The Morgan fingerprint density at radius 3 is 2.91 bits per heavy atom. The third kappa shape index (κ3) is 4.34. The molecule has 0 aromatic carbocycles. The Morgan fingerprint density at radius 1 is 1.55 bits per heavy atom. The van der Waals surface area contributed by atoms with E-state index in [1.54, 1.807) is 7.05 Å². The molecule has 1 N–H and O–H groups in total. The number of likely N-dealkylation sites (tertiary alicyclic amines) is 1. The van der Waals surface area contributed by atoms with Gasteiger partial charge in [-0.05, 0) is 47.1 Å². The molecule has 0 bridgehead atoms. The molecule has 0 radical (unpaired) electrons. The van der Waals surface area contributed by atoms with Crippen molar-refractivity contribution in [2.75, 3.05) is 33.8 Å². The molecule has 22 heavy (non-hydrogen) atoms. The van der Waals surface area contributed by atoms with Crippen LogP contribution in [0.25, 0.3) is 0 Å². The summed E-state index contributed by atoms with van der Waals surface area (Å²) in [6, 6.07) is 4.31. The molecule has 2 unspecified atom stereocenters. The minimum Gasteiger partial charge on any atom is -0.469 e. The highest BCUT2D eigenvalue weighted by Crippen LogP contribution is 2.24. The van der Waals surface area contributed by atoms with Gasteiger partial charge in [-0.2, -0.15) is 0 Å². The van der Waals surface area contributed by atoms with Crippen LogP contribution in [0.5, 0.6) is 0 Å². The maximum atomic E-state index is 11.8. The Kier molecular flexibility index (Phi) is 6.49. The van der Waals surface area contributed by atoms with Crippen molar-refractivity contribution in [3.63, 3.8) is 0 Å². The van der Waals surface area contributed by atoms with E-state index in [1.807, 2.05) is 11.3 Å². The summed E-state index contributed by atoms with van der Waals surface area (Å²) in [6.07, 6.45) is 0.983. The van der Waals surface area contributed by atoms with Gasteiger partial charge in [0.15, 0.2) is 5.96 Å². The monoisotopic (exact) mass is 435 g/mol. The SMILES string of the molecule is CN=C(NCCc1ccc(I)s1)N1CC(C)C(C(=O)OC)C1. The van der Waals surface area contributed by atoms with E-state index in [0.29, 0.717) is 6.54 Å². The highest BCUT2D eigenvalue weighted by atomic mass is 127. The number of methoxy groups -OCH3 is 1. The average molecular weight is 435 g/mol. The van der Waals surface area contributed by atoms with Gasteiger partial charge in [0.05, 0.1) is 15.9 Å². The number of carbonyl (C=O) groups is 1. The molecule has 1 aromatic rings. The van der Waals surface area contributed by atoms with Crippen molar-refractivity contribution in [3.05, 3.63) is 19.9 Å². The summed E-state index contributed by atoms with van der Waals surface area (Å²) in [6.45, 7) is 4.43. The number of guanidine groups is 1. The minimum atomic E-state index is -0.126. The number of hydrogen-bond donors (Lipinski definition) is 1. The fourth-order valence-electron chi connectivity index (χ4n) is 2.71. The number of rotatable bonds is 4. The van der Waals surface area contributed by atoms with Crippen molar-refractivity contribution in [3.8, 4) is 0 Å². The van der Waals surface area contributed by atoms with Crippen molar-refractivity contribution in [1.29, 1.82) is 0 Å². The molecule has 7 heteroatoms. The minimum absolute atomic E-state index is 0.0672. The second-order valence-electron chi connectivity index (χ2n) is 5.44. The predicted octanol–water partition coefficient (Wildman–Crippen LogP) is 2.21. The van der Waals surface area contributed by atoms with E-state index in [4.69, 9.17) is 4.74 Å². The van der Waals surface area contributed by atoms with E-state index in [0.717, 1.165) is 25.5 Å². The third-order valence-corrected chi connectivity index (χ3v) is 5.86. The van der Waals surface area contributed by atoms with Gasteiger partial charge in [-0.15, -0.1) is 11.3 Å². The van der Waals surface area contributed by atoms with Gasteiger partial charge in [-0.25, -0.2) is 0 Å². The highest BCUT2D eigenvalue weighted by Gasteiger charge is 2.36. The zero-order valence-corrected chi connectivity index (χ0v) is 16.1. The van der Waals surface area contributed by atoms with Gasteiger partial charge in [-0.1, -0.05) is 6.92 Å². The fourth-order valence-corrected chi connectivity index (χ4v) is 4.47.